The number of carbonyl (C=O) groups excluding carboxylic acids is 2. The number of carboxylic acid groups (broad SMARTS) is 1. The van der Waals surface area contributed by atoms with E-state index in [2.05, 4.69) is 0 Å². The second kappa shape index (κ2) is 13.5. The number of allylic oxidation sites excluding steroid dienone is 1. The van der Waals surface area contributed by atoms with Crippen molar-refractivity contribution < 1.29 is 63.4 Å². The first-order chi connectivity index (χ1) is 19.5. The van der Waals surface area contributed by atoms with Crippen LogP contribution in [0.15, 0.2) is 36.4 Å². The quantitative estimate of drug-likeness (QED) is 0.158. The second-order valence-electron chi connectivity index (χ2n) is 8.29. The van der Waals surface area contributed by atoms with Crippen LogP contribution in [-0.2, 0) is 11.0 Å². The van der Waals surface area contributed by atoms with Crippen molar-refractivity contribution in [3.63, 3.8) is 0 Å². The van der Waals surface area contributed by atoms with E-state index in [1.807, 2.05) is 0 Å². The molecule has 2 aromatic carbocycles. The number of hydrogen-bond donors (Lipinski definition) is 3. The summed E-state index contributed by atoms with van der Waals surface area (Å²) in [6, 6.07) is 2.03. The predicted octanol–water partition coefficient (Wildman–Crippen LogP) is 7.63. The summed E-state index contributed by atoms with van der Waals surface area (Å²) < 4.78 is 135. The summed E-state index contributed by atoms with van der Waals surface area (Å²) in [4.78, 5) is 35.5. The number of hydrogen-bond acceptors (Lipinski definition) is 3. The molecular weight excluding hydrogens is 679 g/mol. The molecule has 1 unspecified atom stereocenters. The number of rotatable bonds is 7. The molecule has 0 fully saturated rings. The summed E-state index contributed by atoms with van der Waals surface area (Å²) in [5.74, 6) is -8.23. The molecule has 0 bridgehead atoms. The molecule has 43 heavy (non-hydrogen) atoms. The number of amides is 3. The number of nitrogens with one attached hydrogen (secondary N) is 2. The van der Waals surface area contributed by atoms with Crippen molar-refractivity contribution in [2.75, 3.05) is 13.1 Å². The zero-order chi connectivity index (χ0) is 33.1. The van der Waals surface area contributed by atoms with Gasteiger partial charge in [0, 0.05) is 5.56 Å². The van der Waals surface area contributed by atoms with E-state index in [0.29, 0.717) is 18.2 Å². The van der Waals surface area contributed by atoms with Gasteiger partial charge in [0.25, 0.3) is 5.91 Å². The molecule has 0 saturated heterocycles. The molecule has 3 N–H and O–H groups in total. The van der Waals surface area contributed by atoms with Crippen LogP contribution in [0, 0.1) is 0 Å². The molecule has 2 rings (SSSR count). The second-order valence-corrected chi connectivity index (χ2v) is 9.48. The van der Waals surface area contributed by atoms with Gasteiger partial charge in [-0.15, -0.1) is 0 Å². The van der Waals surface area contributed by atoms with Gasteiger partial charge < -0.3 is 10.4 Å². The zero-order valence-corrected chi connectivity index (χ0v) is 22.8. The van der Waals surface area contributed by atoms with Crippen LogP contribution in [0.1, 0.15) is 33.0 Å². The van der Waals surface area contributed by atoms with E-state index in [1.165, 1.54) is 10.7 Å². The Bertz CT molecular complexity index is 1410. The third-order valence-corrected chi connectivity index (χ3v) is 6.32. The lowest BCUT2D eigenvalue weighted by Gasteiger charge is -2.23. The topological polar surface area (TPSA) is 98.7 Å². The fraction of sp³-hybridized carbons (Fsp3) is 0.261. The summed E-state index contributed by atoms with van der Waals surface area (Å²) in [6.45, 7) is -3.46. The summed E-state index contributed by atoms with van der Waals surface area (Å²) >= 11 is 17.2. The number of carbonyl (C=O) groups is 3. The normalized spacial score (nSPS) is 13.4. The fourth-order valence-corrected chi connectivity index (χ4v) is 3.93. The minimum Gasteiger partial charge on any atom is -0.464 e. The van der Waals surface area contributed by atoms with Gasteiger partial charge in [-0.25, -0.2) is 19.6 Å². The van der Waals surface area contributed by atoms with Crippen LogP contribution < -0.4 is 10.7 Å². The molecule has 7 nitrogen and oxygen atoms in total. The average molecular weight is 693 g/mol. The number of hydrazine groups is 1. The third-order valence-electron chi connectivity index (χ3n) is 5.13. The van der Waals surface area contributed by atoms with E-state index in [9.17, 15) is 53.9 Å². The molecule has 20 heteroatoms. The van der Waals surface area contributed by atoms with Crippen molar-refractivity contribution in [3.05, 3.63) is 73.7 Å². The van der Waals surface area contributed by atoms with Gasteiger partial charge in [0.05, 0.1) is 26.2 Å². The molecule has 1 atom stereocenters. The van der Waals surface area contributed by atoms with Gasteiger partial charge in [-0.3, -0.25) is 9.59 Å². The van der Waals surface area contributed by atoms with Gasteiger partial charge in [-0.1, -0.05) is 40.9 Å². The molecule has 0 radical (unpaired) electrons. The Morgan fingerprint density at radius 2 is 1.49 bits per heavy atom. The van der Waals surface area contributed by atoms with Crippen molar-refractivity contribution in [3.8, 4) is 0 Å². The maximum atomic E-state index is 15.0. The van der Waals surface area contributed by atoms with Gasteiger partial charge in [0.1, 0.15) is 24.8 Å². The Balaban J connectivity index is 2.56. The lowest BCUT2D eigenvalue weighted by molar-refractivity contribution is -0.140. The summed E-state index contributed by atoms with van der Waals surface area (Å²) in [7, 11) is 0. The average Bonchev–Trinajstić information content (AvgIpc) is 2.85. The minimum atomic E-state index is -5.52. The lowest BCUT2D eigenvalue weighted by Crippen LogP contribution is -2.51. The van der Waals surface area contributed by atoms with Gasteiger partial charge in [-0.05, 0) is 35.9 Å². The van der Waals surface area contributed by atoms with E-state index in [-0.39, 0.29) is 28.2 Å². The summed E-state index contributed by atoms with van der Waals surface area (Å²) in [5.41, 5.74) is -4.04. The highest BCUT2D eigenvalue weighted by atomic mass is 35.5. The maximum absolute atomic E-state index is 15.0. The largest absolute Gasteiger partial charge is 0.464 e. The zero-order valence-electron chi connectivity index (χ0n) is 20.5. The Morgan fingerprint density at radius 1 is 0.930 bits per heavy atom. The molecule has 0 saturated carbocycles. The van der Waals surface area contributed by atoms with Crippen LogP contribution >= 0.6 is 34.8 Å². The first-order valence-corrected chi connectivity index (χ1v) is 12.1. The number of benzene rings is 2. The van der Waals surface area contributed by atoms with E-state index in [1.54, 1.807) is 0 Å². The first kappa shape index (κ1) is 35.8. The Kier molecular flexibility index (Phi) is 11.2. The Hall–Kier alpha value is -3.44. The molecule has 0 aliphatic carbocycles. The van der Waals surface area contributed by atoms with Crippen LogP contribution in [0.4, 0.5) is 48.7 Å². The van der Waals surface area contributed by atoms with Crippen molar-refractivity contribution >= 4 is 58.5 Å². The standard InChI is InChI=1S/C23H14Cl3F10N3O4/c24-14-4-10(5-15(25)18(14)26)12(22(31,32)33)6-16(27)9-1-2-11(13(3-9)23(34,35)36)19(41)39(38-20(42)43)7-17(40)37-8-21(28,29)30/h1-6,12,38H,7-8H2,(H,37,40)(H,42,43). The molecule has 3 amide bonds. The molecule has 0 heterocycles. The van der Waals surface area contributed by atoms with E-state index in [4.69, 9.17) is 39.9 Å². The van der Waals surface area contributed by atoms with Crippen LogP contribution in [0.5, 0.6) is 0 Å². The fourth-order valence-electron chi connectivity index (χ4n) is 3.31. The van der Waals surface area contributed by atoms with Crippen molar-refractivity contribution in [2.45, 2.75) is 24.4 Å². The van der Waals surface area contributed by atoms with E-state index < -0.39 is 93.6 Å². The number of alkyl halides is 9. The summed E-state index contributed by atoms with van der Waals surface area (Å²) in [5, 5.41) is 8.66. The lowest BCUT2D eigenvalue weighted by atomic mass is 9.95. The minimum absolute atomic E-state index is 0.0724. The molecule has 0 aromatic heterocycles. The Morgan fingerprint density at radius 3 is 1.95 bits per heavy atom. The first-order valence-electron chi connectivity index (χ1n) is 11.0. The molecule has 2 aromatic rings. The van der Waals surface area contributed by atoms with Crippen molar-refractivity contribution in [1.29, 1.82) is 0 Å². The van der Waals surface area contributed by atoms with Crippen LogP contribution in [-0.4, -0.2) is 53.5 Å². The van der Waals surface area contributed by atoms with Gasteiger partial charge in [-0.2, -0.15) is 39.5 Å². The highest BCUT2D eigenvalue weighted by Crippen LogP contribution is 2.43. The maximum Gasteiger partial charge on any atom is 0.423 e. The molecule has 0 aliphatic heterocycles. The van der Waals surface area contributed by atoms with E-state index >= 15 is 4.39 Å². The molecule has 0 spiro atoms. The van der Waals surface area contributed by atoms with Gasteiger partial charge in [0.2, 0.25) is 5.91 Å². The van der Waals surface area contributed by atoms with Crippen LogP contribution in [0.2, 0.25) is 15.1 Å². The van der Waals surface area contributed by atoms with Gasteiger partial charge in [0.15, 0.2) is 0 Å². The predicted molar refractivity (Wildman–Crippen MR) is 132 cm³/mol. The molecule has 0 aliphatic rings. The smallest absolute Gasteiger partial charge is 0.423 e. The highest BCUT2D eigenvalue weighted by molar-refractivity contribution is 6.48. The SMILES string of the molecule is O=C(O)NN(CC(=O)NCC(F)(F)F)C(=O)c1ccc(C(F)=CC(c2cc(Cl)c(Cl)c(Cl)c2)C(F)(F)F)cc1C(F)(F)F. The molecule has 236 valence electrons. The van der Waals surface area contributed by atoms with E-state index in [0.717, 1.165) is 0 Å². The third kappa shape index (κ3) is 10.1. The number of nitrogens with zero attached hydrogens (tertiary/aromatic N) is 1. The monoisotopic (exact) mass is 691 g/mol. The van der Waals surface area contributed by atoms with Crippen molar-refractivity contribution in [1.82, 2.24) is 15.8 Å². The number of halogens is 13. The molecular formula is C23H14Cl3F10N3O4. The Labute approximate surface area is 248 Å². The van der Waals surface area contributed by atoms with Crippen molar-refractivity contribution in [2.24, 2.45) is 0 Å². The highest BCUT2D eigenvalue weighted by Gasteiger charge is 2.41. The van der Waals surface area contributed by atoms with Gasteiger partial charge >= 0.3 is 24.6 Å². The summed E-state index contributed by atoms with van der Waals surface area (Å²) in [6.07, 6.45) is -17.9. The van der Waals surface area contributed by atoms with Crippen LogP contribution in [0.3, 0.4) is 0 Å². The van der Waals surface area contributed by atoms with Crippen LogP contribution in [0.25, 0.3) is 5.83 Å².